The molecule has 0 aromatic carbocycles. The molecule has 15 heavy (non-hydrogen) atoms. The second-order valence-electron chi connectivity index (χ2n) is 3.96. The number of hydrogen-bond donors (Lipinski definition) is 0. The van der Waals surface area contributed by atoms with Gasteiger partial charge in [0.15, 0.2) is 0 Å². The van der Waals surface area contributed by atoms with Crippen molar-refractivity contribution >= 4 is 5.97 Å². The maximum absolute atomic E-state index is 10.8. The maximum atomic E-state index is 10.8. The van der Waals surface area contributed by atoms with Crippen LogP contribution in [0.15, 0.2) is 0 Å². The van der Waals surface area contributed by atoms with Gasteiger partial charge in [0.2, 0.25) is 0 Å². The van der Waals surface area contributed by atoms with Gasteiger partial charge in [-0.2, -0.15) is 0 Å². The zero-order valence-electron chi connectivity index (χ0n) is 11.0. The molecule has 0 aromatic heterocycles. The molecule has 0 heterocycles. The Morgan fingerprint density at radius 1 is 1.07 bits per heavy atom. The molecule has 0 saturated heterocycles. The fraction of sp³-hybridized carbons (Fsp3) is 0.917. The normalized spacial score (nSPS) is 9.87. The molecule has 0 atom stereocenters. The van der Waals surface area contributed by atoms with Crippen molar-refractivity contribution in [2.75, 3.05) is 19.8 Å². The second kappa shape index (κ2) is 11.5. The van der Waals surface area contributed by atoms with E-state index in [9.17, 15) is 4.79 Å². The quantitative estimate of drug-likeness (QED) is 0.666. The van der Waals surface area contributed by atoms with E-state index in [0.717, 1.165) is 13.2 Å². The minimum atomic E-state index is -0.103. The van der Waals surface area contributed by atoms with Crippen LogP contribution in [0.1, 0.15) is 41.5 Å². The summed E-state index contributed by atoms with van der Waals surface area (Å²) in [5.74, 6) is 0.329. The van der Waals surface area contributed by atoms with E-state index >= 15 is 0 Å². The molecule has 0 fully saturated rings. The van der Waals surface area contributed by atoms with Crippen LogP contribution < -0.4 is 0 Å². The molecule has 0 aliphatic heterocycles. The summed E-state index contributed by atoms with van der Waals surface area (Å²) < 4.78 is 9.76. The van der Waals surface area contributed by atoms with Gasteiger partial charge in [-0.1, -0.05) is 27.7 Å². The smallest absolute Gasteiger partial charge is 0.308 e. The van der Waals surface area contributed by atoms with Gasteiger partial charge in [-0.25, -0.2) is 0 Å². The summed E-state index contributed by atoms with van der Waals surface area (Å²) >= 11 is 0. The molecule has 0 radical (unpaired) electrons. The van der Waals surface area contributed by atoms with Crippen molar-refractivity contribution in [1.82, 2.24) is 0 Å². The van der Waals surface area contributed by atoms with E-state index in [1.165, 1.54) is 0 Å². The SMILES string of the molecule is CC(C)COC(=O)C(C)C.CCOCC. The lowest BCUT2D eigenvalue weighted by Crippen LogP contribution is -2.14. The van der Waals surface area contributed by atoms with E-state index in [0.29, 0.717) is 12.5 Å². The predicted octanol–water partition coefficient (Wildman–Crippen LogP) is 2.88. The first-order chi connectivity index (χ1) is 6.95. The Balaban J connectivity index is 0. The topological polar surface area (TPSA) is 35.5 Å². The lowest BCUT2D eigenvalue weighted by Gasteiger charge is -2.08. The lowest BCUT2D eigenvalue weighted by molar-refractivity contribution is -0.148. The monoisotopic (exact) mass is 218 g/mol. The largest absolute Gasteiger partial charge is 0.465 e. The first-order valence-electron chi connectivity index (χ1n) is 5.69. The third kappa shape index (κ3) is 16.1. The molecular formula is C12H26O3. The van der Waals surface area contributed by atoms with Gasteiger partial charge >= 0.3 is 5.97 Å². The Kier molecular flexibility index (Phi) is 12.9. The van der Waals surface area contributed by atoms with E-state index in [-0.39, 0.29) is 11.9 Å². The van der Waals surface area contributed by atoms with Gasteiger partial charge < -0.3 is 9.47 Å². The van der Waals surface area contributed by atoms with E-state index < -0.39 is 0 Å². The molecule has 3 heteroatoms. The van der Waals surface area contributed by atoms with Crippen LogP contribution in [0.4, 0.5) is 0 Å². The third-order valence-electron chi connectivity index (χ3n) is 1.44. The minimum Gasteiger partial charge on any atom is -0.465 e. The van der Waals surface area contributed by atoms with Crippen LogP contribution in [0, 0.1) is 11.8 Å². The first-order valence-corrected chi connectivity index (χ1v) is 5.69. The average Bonchev–Trinajstić information content (AvgIpc) is 2.16. The Morgan fingerprint density at radius 2 is 1.53 bits per heavy atom. The van der Waals surface area contributed by atoms with Crippen molar-refractivity contribution in [3.8, 4) is 0 Å². The lowest BCUT2D eigenvalue weighted by atomic mass is 10.2. The summed E-state index contributed by atoms with van der Waals surface area (Å²) in [6.07, 6.45) is 0. The van der Waals surface area contributed by atoms with Gasteiger partial charge in [-0.3, -0.25) is 4.79 Å². The predicted molar refractivity (Wildman–Crippen MR) is 62.8 cm³/mol. The summed E-state index contributed by atoms with van der Waals surface area (Å²) in [7, 11) is 0. The molecule has 0 aliphatic rings. The van der Waals surface area contributed by atoms with Crippen LogP contribution in [0.25, 0.3) is 0 Å². The number of carbonyl (C=O) groups is 1. The minimum absolute atomic E-state index is 0.00116. The number of carbonyl (C=O) groups excluding carboxylic acids is 1. The van der Waals surface area contributed by atoms with Crippen molar-refractivity contribution in [2.24, 2.45) is 11.8 Å². The highest BCUT2D eigenvalue weighted by atomic mass is 16.5. The molecule has 0 aliphatic carbocycles. The van der Waals surface area contributed by atoms with Gasteiger partial charge in [0.25, 0.3) is 0 Å². The molecule has 92 valence electrons. The van der Waals surface area contributed by atoms with Gasteiger partial charge in [-0.05, 0) is 19.8 Å². The zero-order valence-corrected chi connectivity index (χ0v) is 11.0. The summed E-state index contributed by atoms with van der Waals surface area (Å²) in [5, 5.41) is 0. The van der Waals surface area contributed by atoms with Crippen LogP contribution in [0.5, 0.6) is 0 Å². The summed E-state index contributed by atoms with van der Waals surface area (Å²) in [4.78, 5) is 10.8. The molecule has 0 aromatic rings. The van der Waals surface area contributed by atoms with E-state index in [4.69, 9.17) is 9.47 Å². The van der Waals surface area contributed by atoms with Crippen LogP contribution in [0.2, 0.25) is 0 Å². The fourth-order valence-corrected chi connectivity index (χ4v) is 0.620. The fourth-order valence-electron chi connectivity index (χ4n) is 0.620. The molecule has 0 amide bonds. The summed E-state index contributed by atoms with van der Waals surface area (Å²) in [6, 6.07) is 0. The number of ether oxygens (including phenoxy) is 2. The van der Waals surface area contributed by atoms with Gasteiger partial charge in [-0.15, -0.1) is 0 Å². The maximum Gasteiger partial charge on any atom is 0.308 e. The van der Waals surface area contributed by atoms with Crippen molar-refractivity contribution in [2.45, 2.75) is 41.5 Å². The Bertz CT molecular complexity index is 140. The van der Waals surface area contributed by atoms with Crippen molar-refractivity contribution in [3.05, 3.63) is 0 Å². The van der Waals surface area contributed by atoms with Gasteiger partial charge in [0, 0.05) is 13.2 Å². The summed E-state index contributed by atoms with van der Waals surface area (Å²) in [6.45, 7) is 13.9. The molecule has 3 nitrogen and oxygen atoms in total. The highest BCUT2D eigenvalue weighted by Gasteiger charge is 2.07. The van der Waals surface area contributed by atoms with Crippen LogP contribution in [-0.2, 0) is 14.3 Å². The molecular weight excluding hydrogens is 192 g/mol. The van der Waals surface area contributed by atoms with Crippen molar-refractivity contribution < 1.29 is 14.3 Å². The first kappa shape index (κ1) is 16.8. The number of esters is 1. The van der Waals surface area contributed by atoms with E-state index in [1.807, 2.05) is 41.5 Å². The Morgan fingerprint density at radius 3 is 1.73 bits per heavy atom. The molecule has 0 unspecified atom stereocenters. The van der Waals surface area contributed by atoms with Crippen molar-refractivity contribution in [1.29, 1.82) is 0 Å². The van der Waals surface area contributed by atoms with E-state index in [1.54, 1.807) is 0 Å². The zero-order chi connectivity index (χ0) is 12.3. The van der Waals surface area contributed by atoms with Crippen LogP contribution in [-0.4, -0.2) is 25.8 Å². The summed E-state index contributed by atoms with van der Waals surface area (Å²) in [5.41, 5.74) is 0. The van der Waals surface area contributed by atoms with Crippen LogP contribution >= 0.6 is 0 Å². The third-order valence-corrected chi connectivity index (χ3v) is 1.44. The standard InChI is InChI=1S/C8H16O2.C4H10O/c1-6(2)5-10-8(9)7(3)4;1-3-5-4-2/h6-7H,5H2,1-4H3;3-4H2,1-2H3. The van der Waals surface area contributed by atoms with Crippen molar-refractivity contribution in [3.63, 3.8) is 0 Å². The van der Waals surface area contributed by atoms with Gasteiger partial charge in [0.1, 0.15) is 0 Å². The highest BCUT2D eigenvalue weighted by molar-refractivity contribution is 5.71. The molecule has 0 spiro atoms. The van der Waals surface area contributed by atoms with Crippen LogP contribution in [0.3, 0.4) is 0 Å². The molecule has 0 bridgehead atoms. The van der Waals surface area contributed by atoms with E-state index in [2.05, 4.69) is 0 Å². The number of rotatable bonds is 5. The highest BCUT2D eigenvalue weighted by Crippen LogP contribution is 1.99. The molecule has 0 N–H and O–H groups in total. The molecule has 0 rings (SSSR count). The average molecular weight is 218 g/mol. The van der Waals surface area contributed by atoms with Gasteiger partial charge in [0.05, 0.1) is 12.5 Å². The number of hydrogen-bond acceptors (Lipinski definition) is 3. The second-order valence-corrected chi connectivity index (χ2v) is 3.96. The molecule has 0 saturated carbocycles. The Hall–Kier alpha value is -0.570. The Labute approximate surface area is 94.1 Å².